The van der Waals surface area contributed by atoms with Crippen molar-refractivity contribution in [3.8, 4) is 0 Å². The Hall–Kier alpha value is -0.960. The van der Waals surface area contributed by atoms with Crippen molar-refractivity contribution in [1.29, 1.82) is 0 Å². The van der Waals surface area contributed by atoms with Gasteiger partial charge in [0.05, 0.1) is 5.60 Å². The smallest absolute Gasteiger partial charge is 0.159 e. The molecule has 0 aliphatic heterocycles. The van der Waals surface area contributed by atoms with E-state index < -0.39 is 17.2 Å². The summed E-state index contributed by atoms with van der Waals surface area (Å²) < 4.78 is 26.1. The first-order chi connectivity index (χ1) is 8.72. The van der Waals surface area contributed by atoms with Gasteiger partial charge >= 0.3 is 0 Å². The number of hydrogen-bond donors (Lipinski definition) is 1. The van der Waals surface area contributed by atoms with Crippen LogP contribution in [0.15, 0.2) is 18.2 Å². The molecule has 1 aliphatic rings. The molecule has 0 radical (unpaired) electrons. The van der Waals surface area contributed by atoms with Gasteiger partial charge < -0.3 is 5.11 Å². The first kappa shape index (κ1) is 14.4. The highest BCUT2D eigenvalue weighted by atomic mass is 19.2. The molecule has 1 N–H and O–H groups in total. The van der Waals surface area contributed by atoms with Gasteiger partial charge in [-0.3, -0.25) is 0 Å². The SMILES string of the molecule is CC1CC(C)(C)CCC1(O)Cc1ccc(F)c(F)c1. The molecule has 0 bridgehead atoms. The zero-order chi connectivity index (χ0) is 14.3. The van der Waals surface area contributed by atoms with Crippen LogP contribution in [0.2, 0.25) is 0 Å². The standard InChI is InChI=1S/C16H22F2O/c1-11-9-15(2,3)6-7-16(11,19)10-12-4-5-13(17)14(18)8-12/h4-5,8,11,19H,6-7,9-10H2,1-3H3. The van der Waals surface area contributed by atoms with Crippen molar-refractivity contribution in [3.05, 3.63) is 35.4 Å². The van der Waals surface area contributed by atoms with Crippen LogP contribution in [0.25, 0.3) is 0 Å². The minimum atomic E-state index is -0.843. The van der Waals surface area contributed by atoms with E-state index in [1.807, 2.05) is 6.92 Å². The Balaban J connectivity index is 2.15. The van der Waals surface area contributed by atoms with Crippen LogP contribution in [-0.4, -0.2) is 10.7 Å². The summed E-state index contributed by atoms with van der Waals surface area (Å²) in [6, 6.07) is 3.88. The van der Waals surface area contributed by atoms with Gasteiger partial charge in [0.1, 0.15) is 0 Å². The van der Waals surface area contributed by atoms with Crippen molar-refractivity contribution < 1.29 is 13.9 Å². The van der Waals surface area contributed by atoms with Crippen LogP contribution in [0.1, 0.15) is 45.6 Å². The van der Waals surface area contributed by atoms with E-state index in [0.717, 1.165) is 18.9 Å². The van der Waals surface area contributed by atoms with E-state index in [1.54, 1.807) is 6.07 Å². The summed E-state index contributed by atoms with van der Waals surface area (Å²) in [5.74, 6) is -1.53. The molecule has 1 aliphatic carbocycles. The summed E-state index contributed by atoms with van der Waals surface area (Å²) in [4.78, 5) is 0. The summed E-state index contributed by atoms with van der Waals surface area (Å²) in [7, 11) is 0. The van der Waals surface area contributed by atoms with E-state index >= 15 is 0 Å². The van der Waals surface area contributed by atoms with Gasteiger partial charge in [-0.1, -0.05) is 26.8 Å². The minimum Gasteiger partial charge on any atom is -0.389 e. The number of aliphatic hydroxyl groups is 1. The van der Waals surface area contributed by atoms with E-state index in [2.05, 4.69) is 13.8 Å². The van der Waals surface area contributed by atoms with Crippen LogP contribution < -0.4 is 0 Å². The second-order valence-corrected chi connectivity index (χ2v) is 6.80. The fourth-order valence-corrected chi connectivity index (χ4v) is 3.19. The quantitative estimate of drug-likeness (QED) is 0.856. The van der Waals surface area contributed by atoms with Gasteiger partial charge in [0.2, 0.25) is 0 Å². The summed E-state index contributed by atoms with van der Waals surface area (Å²) >= 11 is 0. The van der Waals surface area contributed by atoms with E-state index in [9.17, 15) is 13.9 Å². The van der Waals surface area contributed by atoms with Crippen LogP contribution in [0.4, 0.5) is 8.78 Å². The molecule has 3 heteroatoms. The Labute approximate surface area is 113 Å². The van der Waals surface area contributed by atoms with Crippen molar-refractivity contribution in [2.45, 2.75) is 52.1 Å². The maximum atomic E-state index is 13.2. The highest BCUT2D eigenvalue weighted by Crippen LogP contribution is 2.45. The lowest BCUT2D eigenvalue weighted by atomic mass is 9.64. The summed E-state index contributed by atoms with van der Waals surface area (Å²) in [5, 5.41) is 10.8. The van der Waals surface area contributed by atoms with E-state index in [4.69, 9.17) is 0 Å². The lowest BCUT2D eigenvalue weighted by molar-refractivity contribution is -0.0704. The van der Waals surface area contributed by atoms with E-state index in [0.29, 0.717) is 18.4 Å². The number of rotatable bonds is 2. The van der Waals surface area contributed by atoms with Gasteiger partial charge in [-0.05, 0) is 48.3 Å². The normalized spacial score (nSPS) is 30.3. The van der Waals surface area contributed by atoms with Crippen molar-refractivity contribution in [2.75, 3.05) is 0 Å². The van der Waals surface area contributed by atoms with Gasteiger partial charge in [-0.15, -0.1) is 0 Å². The average Bonchev–Trinajstić information content (AvgIpc) is 2.30. The predicted octanol–water partition coefficient (Wildman–Crippen LogP) is 4.08. The topological polar surface area (TPSA) is 20.2 Å². The lowest BCUT2D eigenvalue weighted by Crippen LogP contribution is -2.45. The molecule has 2 rings (SSSR count). The molecule has 2 unspecified atom stereocenters. The number of halogens is 2. The van der Waals surface area contributed by atoms with E-state index in [1.165, 1.54) is 6.07 Å². The largest absolute Gasteiger partial charge is 0.389 e. The average molecular weight is 268 g/mol. The fraction of sp³-hybridized carbons (Fsp3) is 0.625. The predicted molar refractivity (Wildman–Crippen MR) is 71.8 cm³/mol. The van der Waals surface area contributed by atoms with E-state index in [-0.39, 0.29) is 11.3 Å². The Kier molecular flexibility index (Phi) is 3.69. The first-order valence-electron chi connectivity index (χ1n) is 6.88. The highest BCUT2D eigenvalue weighted by Gasteiger charge is 2.42. The van der Waals surface area contributed by atoms with Crippen molar-refractivity contribution in [1.82, 2.24) is 0 Å². The molecule has 1 saturated carbocycles. The van der Waals surface area contributed by atoms with Gasteiger partial charge in [-0.2, -0.15) is 0 Å². The Morgan fingerprint density at radius 3 is 2.47 bits per heavy atom. The third-order valence-electron chi connectivity index (χ3n) is 4.51. The first-order valence-corrected chi connectivity index (χ1v) is 6.88. The second-order valence-electron chi connectivity index (χ2n) is 6.80. The Morgan fingerprint density at radius 1 is 1.21 bits per heavy atom. The summed E-state index contributed by atoms with van der Waals surface area (Å²) in [6.45, 7) is 6.46. The van der Waals surface area contributed by atoms with Gasteiger partial charge in [0.25, 0.3) is 0 Å². The molecule has 0 aromatic heterocycles. The molecule has 2 atom stereocenters. The Morgan fingerprint density at radius 2 is 1.89 bits per heavy atom. The molecule has 0 spiro atoms. The van der Waals surface area contributed by atoms with Crippen molar-refractivity contribution in [2.24, 2.45) is 11.3 Å². The highest BCUT2D eigenvalue weighted by molar-refractivity contribution is 5.20. The number of hydrogen-bond acceptors (Lipinski definition) is 1. The lowest BCUT2D eigenvalue weighted by Gasteiger charge is -2.45. The maximum Gasteiger partial charge on any atom is 0.159 e. The summed E-state index contributed by atoms with van der Waals surface area (Å²) in [6.07, 6.45) is 3.01. The van der Waals surface area contributed by atoms with Gasteiger partial charge in [0.15, 0.2) is 11.6 Å². The van der Waals surface area contributed by atoms with Crippen molar-refractivity contribution >= 4 is 0 Å². The monoisotopic (exact) mass is 268 g/mol. The second kappa shape index (κ2) is 4.86. The van der Waals surface area contributed by atoms with Crippen LogP contribution >= 0.6 is 0 Å². The summed E-state index contributed by atoms with van der Waals surface area (Å²) in [5.41, 5.74) is 0.104. The molecule has 1 aromatic carbocycles. The third kappa shape index (κ3) is 3.14. The zero-order valence-corrected chi connectivity index (χ0v) is 11.8. The van der Waals surface area contributed by atoms with Crippen LogP contribution in [-0.2, 0) is 6.42 Å². The zero-order valence-electron chi connectivity index (χ0n) is 11.8. The molecule has 1 aromatic rings. The van der Waals surface area contributed by atoms with Gasteiger partial charge in [0, 0.05) is 6.42 Å². The fourth-order valence-electron chi connectivity index (χ4n) is 3.19. The minimum absolute atomic E-state index is 0.157. The third-order valence-corrected chi connectivity index (χ3v) is 4.51. The van der Waals surface area contributed by atoms with Crippen LogP contribution in [0, 0.1) is 23.0 Å². The van der Waals surface area contributed by atoms with Crippen LogP contribution in [0.5, 0.6) is 0 Å². The molecule has 0 saturated heterocycles. The molecule has 1 nitrogen and oxygen atoms in total. The Bertz CT molecular complexity index is 470. The van der Waals surface area contributed by atoms with Crippen molar-refractivity contribution in [3.63, 3.8) is 0 Å². The molecule has 1 fully saturated rings. The van der Waals surface area contributed by atoms with Crippen LogP contribution in [0.3, 0.4) is 0 Å². The molecule has 0 amide bonds. The molecular formula is C16H22F2O. The molecular weight excluding hydrogens is 246 g/mol. The maximum absolute atomic E-state index is 13.2. The van der Waals surface area contributed by atoms with Gasteiger partial charge in [-0.25, -0.2) is 8.78 Å². The molecule has 19 heavy (non-hydrogen) atoms. The molecule has 106 valence electrons. The molecule has 0 heterocycles. The number of benzene rings is 1.